The maximum absolute atomic E-state index is 12.9. The average Bonchev–Trinajstić information content (AvgIpc) is 2.69. The number of hydrogen-bond donors (Lipinski definition) is 1. The molecular weight excluding hydrogens is 333 g/mol. The highest BCUT2D eigenvalue weighted by Gasteiger charge is 2.11. The van der Waals surface area contributed by atoms with Gasteiger partial charge >= 0.3 is 0 Å². The summed E-state index contributed by atoms with van der Waals surface area (Å²) in [7, 11) is 1.87. The summed E-state index contributed by atoms with van der Waals surface area (Å²) >= 11 is 0. The first-order chi connectivity index (χ1) is 12.6. The van der Waals surface area contributed by atoms with Crippen molar-refractivity contribution in [2.24, 2.45) is 0 Å². The number of amides is 1. The summed E-state index contributed by atoms with van der Waals surface area (Å²) in [4.78, 5) is 26.8. The minimum atomic E-state index is -0.372. The zero-order chi connectivity index (χ0) is 18.4. The van der Waals surface area contributed by atoms with Gasteiger partial charge in [0.15, 0.2) is 0 Å². The number of likely N-dealkylation sites (N-methyl/N-ethyl adjacent to an activating group) is 1. The van der Waals surface area contributed by atoms with Gasteiger partial charge in [0.25, 0.3) is 5.91 Å². The van der Waals surface area contributed by atoms with Crippen LogP contribution in [0, 0.1) is 5.82 Å². The molecule has 0 bridgehead atoms. The van der Waals surface area contributed by atoms with Gasteiger partial charge in [0, 0.05) is 37.9 Å². The summed E-state index contributed by atoms with van der Waals surface area (Å²) < 4.78 is 12.9. The standard InChI is InChI=1S/C19H18FN5O/c1-25(13-9-14-6-10-21-11-7-14)19-22-12-8-17(24-19)18(26)23-16-4-2-15(20)3-5-16/h2-8,10-12H,9,13H2,1H3,(H,23,26). The molecule has 0 fully saturated rings. The van der Waals surface area contributed by atoms with Crippen molar-refractivity contribution in [3.05, 3.63) is 78.1 Å². The molecule has 1 aromatic carbocycles. The predicted octanol–water partition coefficient (Wildman–Crippen LogP) is 2.94. The van der Waals surface area contributed by atoms with Gasteiger partial charge in [-0.2, -0.15) is 0 Å². The Bertz CT molecular complexity index is 871. The molecule has 3 rings (SSSR count). The predicted molar refractivity (Wildman–Crippen MR) is 97.6 cm³/mol. The minimum Gasteiger partial charge on any atom is -0.344 e. The number of halogens is 1. The normalized spacial score (nSPS) is 10.4. The Hall–Kier alpha value is -3.35. The van der Waals surface area contributed by atoms with Gasteiger partial charge in [0.2, 0.25) is 5.95 Å². The quantitative estimate of drug-likeness (QED) is 0.739. The highest BCUT2D eigenvalue weighted by Crippen LogP contribution is 2.12. The zero-order valence-electron chi connectivity index (χ0n) is 14.3. The lowest BCUT2D eigenvalue weighted by atomic mass is 10.2. The highest BCUT2D eigenvalue weighted by molar-refractivity contribution is 6.02. The molecule has 0 atom stereocenters. The minimum absolute atomic E-state index is 0.245. The monoisotopic (exact) mass is 351 g/mol. The van der Waals surface area contributed by atoms with Crippen molar-refractivity contribution in [1.82, 2.24) is 15.0 Å². The molecule has 26 heavy (non-hydrogen) atoms. The fourth-order valence-corrected chi connectivity index (χ4v) is 2.33. The Labute approximate surface area is 150 Å². The van der Waals surface area contributed by atoms with E-state index < -0.39 is 0 Å². The summed E-state index contributed by atoms with van der Waals surface area (Å²) in [6.45, 7) is 0.701. The molecule has 7 heteroatoms. The van der Waals surface area contributed by atoms with Gasteiger partial charge in [-0.05, 0) is 54.4 Å². The Morgan fingerprint density at radius 1 is 1.08 bits per heavy atom. The molecule has 6 nitrogen and oxygen atoms in total. The first-order valence-corrected chi connectivity index (χ1v) is 8.12. The van der Waals surface area contributed by atoms with Crippen molar-refractivity contribution in [2.45, 2.75) is 6.42 Å². The first kappa shape index (κ1) is 17.5. The van der Waals surface area contributed by atoms with Gasteiger partial charge in [0.1, 0.15) is 11.5 Å². The Morgan fingerprint density at radius 2 is 1.81 bits per heavy atom. The van der Waals surface area contributed by atoms with E-state index in [-0.39, 0.29) is 17.4 Å². The van der Waals surface area contributed by atoms with Crippen LogP contribution >= 0.6 is 0 Å². The van der Waals surface area contributed by atoms with E-state index in [0.29, 0.717) is 18.2 Å². The number of benzene rings is 1. The van der Waals surface area contributed by atoms with Crippen LogP contribution in [0.4, 0.5) is 16.0 Å². The Kier molecular flexibility index (Phi) is 5.48. The average molecular weight is 351 g/mol. The van der Waals surface area contributed by atoms with Crippen LogP contribution in [0.1, 0.15) is 16.1 Å². The Balaban J connectivity index is 1.65. The van der Waals surface area contributed by atoms with Crippen LogP contribution < -0.4 is 10.2 Å². The van der Waals surface area contributed by atoms with Crippen molar-refractivity contribution in [1.29, 1.82) is 0 Å². The number of nitrogens with one attached hydrogen (secondary N) is 1. The highest BCUT2D eigenvalue weighted by atomic mass is 19.1. The molecule has 0 unspecified atom stereocenters. The smallest absolute Gasteiger partial charge is 0.274 e. The van der Waals surface area contributed by atoms with E-state index in [4.69, 9.17) is 0 Å². The lowest BCUT2D eigenvalue weighted by Gasteiger charge is -2.17. The second kappa shape index (κ2) is 8.15. The number of aromatic nitrogens is 3. The van der Waals surface area contributed by atoms with E-state index >= 15 is 0 Å². The molecular formula is C19H18FN5O. The van der Waals surface area contributed by atoms with Crippen LogP contribution in [0.5, 0.6) is 0 Å². The molecule has 0 spiro atoms. The third-order valence-electron chi connectivity index (χ3n) is 3.80. The van der Waals surface area contributed by atoms with Crippen molar-refractivity contribution in [3.63, 3.8) is 0 Å². The maximum Gasteiger partial charge on any atom is 0.274 e. The number of pyridine rings is 1. The molecule has 0 radical (unpaired) electrons. The third-order valence-corrected chi connectivity index (χ3v) is 3.80. The molecule has 2 heterocycles. The van der Waals surface area contributed by atoms with Crippen LogP contribution in [0.2, 0.25) is 0 Å². The van der Waals surface area contributed by atoms with Gasteiger partial charge in [0.05, 0.1) is 0 Å². The number of rotatable bonds is 6. The molecule has 0 saturated carbocycles. The number of anilines is 2. The van der Waals surface area contributed by atoms with Crippen LogP contribution in [0.25, 0.3) is 0 Å². The lowest BCUT2D eigenvalue weighted by molar-refractivity contribution is 0.102. The fourth-order valence-electron chi connectivity index (χ4n) is 2.33. The fraction of sp³-hybridized carbons (Fsp3) is 0.158. The lowest BCUT2D eigenvalue weighted by Crippen LogP contribution is -2.24. The third kappa shape index (κ3) is 4.60. The largest absolute Gasteiger partial charge is 0.344 e. The van der Waals surface area contributed by atoms with Crippen molar-refractivity contribution < 1.29 is 9.18 Å². The van der Waals surface area contributed by atoms with Gasteiger partial charge in [-0.15, -0.1) is 0 Å². The molecule has 3 aromatic rings. The van der Waals surface area contributed by atoms with Crippen LogP contribution in [-0.2, 0) is 6.42 Å². The summed E-state index contributed by atoms with van der Waals surface area (Å²) in [5.74, 6) is -0.267. The molecule has 1 amide bonds. The molecule has 0 aliphatic carbocycles. The van der Waals surface area contributed by atoms with Gasteiger partial charge in [-0.1, -0.05) is 0 Å². The number of hydrogen-bond acceptors (Lipinski definition) is 5. The van der Waals surface area contributed by atoms with E-state index in [9.17, 15) is 9.18 Å². The summed E-state index contributed by atoms with van der Waals surface area (Å²) in [5, 5.41) is 2.69. The van der Waals surface area contributed by atoms with Crippen LogP contribution in [0.15, 0.2) is 61.1 Å². The summed E-state index contributed by atoms with van der Waals surface area (Å²) in [6, 6.07) is 11.0. The topological polar surface area (TPSA) is 71.0 Å². The second-order valence-corrected chi connectivity index (χ2v) is 5.73. The van der Waals surface area contributed by atoms with Gasteiger partial charge in [-0.25, -0.2) is 14.4 Å². The van der Waals surface area contributed by atoms with Crippen molar-refractivity contribution in [3.8, 4) is 0 Å². The van der Waals surface area contributed by atoms with Crippen LogP contribution in [0.3, 0.4) is 0 Å². The van der Waals surface area contributed by atoms with Gasteiger partial charge in [-0.3, -0.25) is 9.78 Å². The number of carbonyl (C=O) groups is 1. The van der Waals surface area contributed by atoms with Crippen molar-refractivity contribution in [2.75, 3.05) is 23.8 Å². The molecule has 1 N–H and O–H groups in total. The van der Waals surface area contributed by atoms with E-state index in [1.807, 2.05) is 24.1 Å². The van der Waals surface area contributed by atoms with Gasteiger partial charge < -0.3 is 10.2 Å². The first-order valence-electron chi connectivity index (χ1n) is 8.12. The molecule has 132 valence electrons. The molecule has 0 aliphatic heterocycles. The summed E-state index contributed by atoms with van der Waals surface area (Å²) in [5.41, 5.74) is 1.91. The molecule has 0 saturated heterocycles. The Morgan fingerprint density at radius 3 is 2.54 bits per heavy atom. The van der Waals surface area contributed by atoms with E-state index in [2.05, 4.69) is 20.3 Å². The SMILES string of the molecule is CN(CCc1ccncc1)c1nccc(C(=O)Nc2ccc(F)cc2)n1. The van der Waals surface area contributed by atoms with Crippen molar-refractivity contribution >= 4 is 17.5 Å². The zero-order valence-corrected chi connectivity index (χ0v) is 14.3. The number of nitrogens with zero attached hydrogens (tertiary/aromatic N) is 4. The van der Waals surface area contributed by atoms with E-state index in [1.54, 1.807) is 24.7 Å². The van der Waals surface area contributed by atoms with Crippen LogP contribution in [-0.4, -0.2) is 34.5 Å². The summed E-state index contributed by atoms with van der Waals surface area (Å²) in [6.07, 6.45) is 5.87. The maximum atomic E-state index is 12.9. The molecule has 2 aromatic heterocycles. The number of carbonyl (C=O) groups excluding carboxylic acids is 1. The second-order valence-electron chi connectivity index (χ2n) is 5.73. The van der Waals surface area contributed by atoms with E-state index in [0.717, 1.165) is 12.0 Å². The van der Waals surface area contributed by atoms with E-state index in [1.165, 1.54) is 24.3 Å². The molecule has 0 aliphatic rings.